The Morgan fingerprint density at radius 1 is 0.769 bits per heavy atom. The predicted molar refractivity (Wildman–Crippen MR) is 152 cm³/mol. The number of nitro groups is 1. The van der Waals surface area contributed by atoms with Crippen LogP contribution in [-0.4, -0.2) is 31.5 Å². The molecule has 39 heavy (non-hydrogen) atoms. The number of carbonyl (C=O) groups is 1. The lowest BCUT2D eigenvalue weighted by Crippen LogP contribution is -2.09. The summed E-state index contributed by atoms with van der Waals surface area (Å²) >= 11 is 0. The number of hydrogen-bond donors (Lipinski definition) is 4. The van der Waals surface area contributed by atoms with Gasteiger partial charge in [0.05, 0.1) is 10.6 Å². The van der Waals surface area contributed by atoms with Crippen LogP contribution in [0.5, 0.6) is 0 Å². The van der Waals surface area contributed by atoms with Crippen molar-refractivity contribution in [2.75, 3.05) is 21.4 Å². The van der Waals surface area contributed by atoms with Crippen molar-refractivity contribution in [2.24, 2.45) is 5.10 Å². The second-order valence-corrected chi connectivity index (χ2v) is 8.73. The topological polar surface area (TPSA) is 159 Å². The molecule has 0 aliphatic carbocycles. The molecule has 0 fully saturated rings. The Labute approximate surface area is 224 Å². The van der Waals surface area contributed by atoms with Crippen molar-refractivity contribution in [3.05, 3.63) is 93.5 Å². The van der Waals surface area contributed by atoms with E-state index in [2.05, 4.69) is 41.4 Å². The molecule has 12 heteroatoms. The van der Waals surface area contributed by atoms with Gasteiger partial charge in [-0.15, -0.1) is 0 Å². The molecule has 0 bridgehead atoms. The highest BCUT2D eigenvalue weighted by atomic mass is 16.6. The first-order valence-corrected chi connectivity index (χ1v) is 12.0. The Morgan fingerprint density at radius 3 is 1.92 bits per heavy atom. The number of benzene rings is 3. The van der Waals surface area contributed by atoms with Crippen molar-refractivity contribution in [1.29, 1.82) is 0 Å². The van der Waals surface area contributed by atoms with Crippen molar-refractivity contribution >= 4 is 52.2 Å². The first-order chi connectivity index (χ1) is 18.7. The van der Waals surface area contributed by atoms with Gasteiger partial charge in [0, 0.05) is 36.1 Å². The summed E-state index contributed by atoms with van der Waals surface area (Å²) in [5.41, 5.74) is 8.68. The van der Waals surface area contributed by atoms with E-state index in [0.717, 1.165) is 22.4 Å². The van der Waals surface area contributed by atoms with E-state index < -0.39 is 4.92 Å². The van der Waals surface area contributed by atoms with Crippen molar-refractivity contribution < 1.29 is 9.72 Å². The van der Waals surface area contributed by atoms with E-state index in [9.17, 15) is 14.9 Å². The molecule has 0 aliphatic heterocycles. The molecular weight excluding hydrogens is 498 g/mol. The standard InChI is InChI=1S/C27H27N9O3/c1-16-5-8-23(15-17(16)2)30-26-31-25(29-22-11-13-24(14-12-22)36(38)39)32-27(33-26)35-34-18(3)20-6-9-21(10-7-20)28-19(4)37/h5-15H,1-4H3,(H,28,37)(H3,29,30,31,32,33,35)/b34-18-. The lowest BCUT2D eigenvalue weighted by atomic mass is 10.1. The summed E-state index contributed by atoms with van der Waals surface area (Å²) in [7, 11) is 0. The molecule has 12 nitrogen and oxygen atoms in total. The quantitative estimate of drug-likeness (QED) is 0.122. The van der Waals surface area contributed by atoms with Crippen LogP contribution in [0.15, 0.2) is 71.8 Å². The number of hydrazone groups is 1. The maximum absolute atomic E-state index is 11.2. The Hall–Kier alpha value is -5.39. The SMILES string of the molecule is CC(=O)Nc1ccc(/C(C)=N\Nc2nc(Nc3ccc([N+](=O)[O-])cc3)nc(Nc3ccc(C)c(C)c3)n2)cc1. The second-order valence-electron chi connectivity index (χ2n) is 8.73. The molecule has 0 aliphatic rings. The number of amides is 1. The van der Waals surface area contributed by atoms with Crippen molar-refractivity contribution in [1.82, 2.24) is 15.0 Å². The molecule has 4 aromatic rings. The minimum absolute atomic E-state index is 0.0226. The highest BCUT2D eigenvalue weighted by molar-refractivity contribution is 5.99. The molecule has 0 unspecified atom stereocenters. The molecule has 0 saturated carbocycles. The van der Waals surface area contributed by atoms with E-state index in [1.54, 1.807) is 24.3 Å². The molecule has 4 rings (SSSR count). The molecule has 3 aromatic carbocycles. The highest BCUT2D eigenvalue weighted by Gasteiger charge is 2.10. The van der Waals surface area contributed by atoms with E-state index in [-0.39, 0.29) is 29.4 Å². The number of nitrogens with one attached hydrogen (secondary N) is 4. The number of aryl methyl sites for hydroxylation is 2. The minimum Gasteiger partial charge on any atom is -0.326 e. The van der Waals surface area contributed by atoms with Gasteiger partial charge >= 0.3 is 0 Å². The van der Waals surface area contributed by atoms with Gasteiger partial charge in [-0.2, -0.15) is 20.1 Å². The molecule has 0 saturated heterocycles. The number of anilines is 6. The monoisotopic (exact) mass is 525 g/mol. The van der Waals surface area contributed by atoms with E-state index in [1.165, 1.54) is 19.1 Å². The Balaban J connectivity index is 1.59. The fraction of sp³-hybridized carbons (Fsp3) is 0.148. The lowest BCUT2D eigenvalue weighted by molar-refractivity contribution is -0.384. The summed E-state index contributed by atoms with van der Waals surface area (Å²) in [5.74, 6) is 0.510. The van der Waals surface area contributed by atoms with E-state index in [4.69, 9.17) is 0 Å². The summed E-state index contributed by atoms with van der Waals surface area (Å²) in [6.45, 7) is 7.33. The second kappa shape index (κ2) is 11.8. The summed E-state index contributed by atoms with van der Waals surface area (Å²) < 4.78 is 0. The van der Waals surface area contributed by atoms with Crippen LogP contribution in [0.4, 0.5) is 40.6 Å². The van der Waals surface area contributed by atoms with E-state index in [0.29, 0.717) is 17.1 Å². The zero-order chi connectivity index (χ0) is 27.9. The molecule has 1 heterocycles. The van der Waals surface area contributed by atoms with E-state index >= 15 is 0 Å². The average molecular weight is 526 g/mol. The summed E-state index contributed by atoms with van der Waals surface area (Å²) in [4.78, 5) is 35.1. The lowest BCUT2D eigenvalue weighted by Gasteiger charge is -2.11. The van der Waals surface area contributed by atoms with Gasteiger partial charge in [0.1, 0.15) is 0 Å². The van der Waals surface area contributed by atoms with Crippen LogP contribution in [0, 0.1) is 24.0 Å². The van der Waals surface area contributed by atoms with Crippen molar-refractivity contribution in [3.8, 4) is 0 Å². The van der Waals surface area contributed by atoms with Crippen molar-refractivity contribution in [3.63, 3.8) is 0 Å². The number of aromatic nitrogens is 3. The van der Waals surface area contributed by atoms with Gasteiger partial charge in [-0.1, -0.05) is 18.2 Å². The summed E-state index contributed by atoms with van der Waals surface area (Å²) in [6.07, 6.45) is 0. The highest BCUT2D eigenvalue weighted by Crippen LogP contribution is 2.22. The fourth-order valence-corrected chi connectivity index (χ4v) is 3.48. The first kappa shape index (κ1) is 26.7. The molecule has 4 N–H and O–H groups in total. The predicted octanol–water partition coefficient (Wildman–Crippen LogP) is 5.68. The number of carbonyl (C=O) groups excluding carboxylic acids is 1. The van der Waals surface area contributed by atoms with Gasteiger partial charge in [-0.05, 0) is 73.9 Å². The Kier molecular flexibility index (Phi) is 8.05. The third kappa shape index (κ3) is 7.32. The van der Waals surface area contributed by atoms with Crippen LogP contribution in [0.25, 0.3) is 0 Å². The van der Waals surface area contributed by atoms with Gasteiger partial charge < -0.3 is 16.0 Å². The Bertz CT molecular complexity index is 1540. The van der Waals surface area contributed by atoms with Gasteiger partial charge in [0.15, 0.2) is 0 Å². The zero-order valence-corrected chi connectivity index (χ0v) is 21.8. The molecule has 1 amide bonds. The molecule has 0 spiro atoms. The third-order valence-corrected chi connectivity index (χ3v) is 5.68. The maximum atomic E-state index is 11.2. The van der Waals surface area contributed by atoms with Crippen LogP contribution in [0.3, 0.4) is 0 Å². The Morgan fingerprint density at radius 2 is 1.33 bits per heavy atom. The molecule has 0 radical (unpaired) electrons. The van der Waals surface area contributed by atoms with Crippen molar-refractivity contribution in [2.45, 2.75) is 27.7 Å². The number of rotatable bonds is 9. The average Bonchev–Trinajstić information content (AvgIpc) is 2.90. The van der Waals surface area contributed by atoms with Crippen LogP contribution in [0.1, 0.15) is 30.5 Å². The van der Waals surface area contributed by atoms with Crippen LogP contribution in [-0.2, 0) is 4.79 Å². The van der Waals surface area contributed by atoms with Gasteiger partial charge in [-0.25, -0.2) is 5.43 Å². The van der Waals surface area contributed by atoms with Crippen LogP contribution >= 0.6 is 0 Å². The van der Waals surface area contributed by atoms with E-state index in [1.807, 2.05) is 51.1 Å². The first-order valence-electron chi connectivity index (χ1n) is 12.0. The smallest absolute Gasteiger partial charge is 0.269 e. The molecule has 0 atom stereocenters. The molecule has 198 valence electrons. The number of nitro benzene ring substituents is 1. The van der Waals surface area contributed by atoms with Crippen LogP contribution in [0.2, 0.25) is 0 Å². The van der Waals surface area contributed by atoms with Gasteiger partial charge in [0.25, 0.3) is 5.69 Å². The minimum atomic E-state index is -0.464. The zero-order valence-electron chi connectivity index (χ0n) is 21.8. The van der Waals surface area contributed by atoms with Crippen LogP contribution < -0.4 is 21.4 Å². The molecule has 1 aromatic heterocycles. The number of hydrogen-bond acceptors (Lipinski definition) is 10. The summed E-state index contributed by atoms with van der Waals surface area (Å²) in [5, 5.41) is 24.3. The van der Waals surface area contributed by atoms with Gasteiger partial charge in [-0.3, -0.25) is 14.9 Å². The molecular formula is C27H27N9O3. The number of non-ortho nitro benzene ring substituents is 1. The maximum Gasteiger partial charge on any atom is 0.269 e. The largest absolute Gasteiger partial charge is 0.326 e. The third-order valence-electron chi connectivity index (χ3n) is 5.68. The normalized spacial score (nSPS) is 11.0. The fourth-order valence-electron chi connectivity index (χ4n) is 3.48. The summed E-state index contributed by atoms with van der Waals surface area (Å²) in [6, 6.07) is 19.1. The number of nitrogens with zero attached hydrogens (tertiary/aromatic N) is 5. The van der Waals surface area contributed by atoms with Gasteiger partial charge in [0.2, 0.25) is 23.8 Å².